The van der Waals surface area contributed by atoms with Gasteiger partial charge in [0.25, 0.3) is 0 Å². The normalized spacial score (nSPS) is 19.1. The first-order valence-electron chi connectivity index (χ1n) is 5.68. The van der Waals surface area contributed by atoms with Gasteiger partial charge in [0.05, 0.1) is 33.2 Å². The average molecular weight is 216 g/mol. The van der Waals surface area contributed by atoms with Crippen molar-refractivity contribution in [3.63, 3.8) is 0 Å². The lowest BCUT2D eigenvalue weighted by Crippen LogP contribution is -3.14. The molecular weight excluding hydrogens is 194 g/mol. The van der Waals surface area contributed by atoms with Crippen molar-refractivity contribution >= 4 is 5.97 Å². The minimum Gasteiger partial charge on any atom is -0.469 e. The largest absolute Gasteiger partial charge is 0.469 e. The Morgan fingerprint density at radius 1 is 1.33 bits per heavy atom. The molecule has 0 aliphatic carbocycles. The summed E-state index contributed by atoms with van der Waals surface area (Å²) < 4.78 is 9.86. The van der Waals surface area contributed by atoms with Crippen LogP contribution in [0.2, 0.25) is 0 Å². The van der Waals surface area contributed by atoms with Gasteiger partial charge in [-0.1, -0.05) is 0 Å². The molecule has 1 fully saturated rings. The first kappa shape index (κ1) is 12.5. The van der Waals surface area contributed by atoms with Crippen molar-refractivity contribution in [1.29, 1.82) is 0 Å². The molecule has 1 aliphatic rings. The Bertz CT molecular complexity index is 190. The molecule has 0 saturated carbocycles. The number of quaternary nitrogens is 1. The zero-order chi connectivity index (χ0) is 11.1. The second-order valence-electron chi connectivity index (χ2n) is 4.13. The molecule has 1 rings (SSSR count). The number of carbonyl (C=O) groups excluding carboxylic acids is 1. The van der Waals surface area contributed by atoms with Crippen molar-refractivity contribution in [3.8, 4) is 0 Å². The predicted octanol–water partition coefficient (Wildman–Crippen LogP) is -0.367. The molecule has 0 bridgehead atoms. The minimum absolute atomic E-state index is 0.116. The fourth-order valence-corrected chi connectivity index (χ4v) is 2.24. The predicted molar refractivity (Wildman–Crippen MR) is 56.8 cm³/mol. The fourth-order valence-electron chi connectivity index (χ4n) is 2.24. The molecule has 0 aromatic heterocycles. The van der Waals surface area contributed by atoms with E-state index in [1.165, 1.54) is 33.0 Å². The summed E-state index contributed by atoms with van der Waals surface area (Å²) in [6.45, 7) is 3.18. The van der Waals surface area contributed by atoms with Gasteiger partial charge in [0.1, 0.15) is 6.04 Å². The number of likely N-dealkylation sites (tertiary alicyclic amines) is 1. The van der Waals surface area contributed by atoms with Crippen LogP contribution >= 0.6 is 0 Å². The molecule has 88 valence electrons. The molecule has 0 aromatic carbocycles. The third kappa shape index (κ3) is 4.18. The van der Waals surface area contributed by atoms with Gasteiger partial charge in [0.15, 0.2) is 0 Å². The van der Waals surface area contributed by atoms with Gasteiger partial charge >= 0.3 is 5.97 Å². The Morgan fingerprint density at radius 3 is 2.53 bits per heavy atom. The highest BCUT2D eigenvalue weighted by Crippen LogP contribution is 2.00. The monoisotopic (exact) mass is 216 g/mol. The van der Waals surface area contributed by atoms with Crippen molar-refractivity contribution in [2.75, 3.05) is 33.9 Å². The van der Waals surface area contributed by atoms with E-state index in [2.05, 4.69) is 4.74 Å². The molecule has 0 amide bonds. The summed E-state index contributed by atoms with van der Waals surface area (Å²) in [4.78, 5) is 12.6. The van der Waals surface area contributed by atoms with Crippen molar-refractivity contribution in [2.45, 2.75) is 31.7 Å². The summed E-state index contributed by atoms with van der Waals surface area (Å²) in [5.74, 6) is -0.116. The van der Waals surface area contributed by atoms with Crippen LogP contribution in [0.4, 0.5) is 0 Å². The molecule has 1 heterocycles. The molecule has 1 saturated heterocycles. The lowest BCUT2D eigenvalue weighted by molar-refractivity contribution is -0.914. The third-order valence-electron chi connectivity index (χ3n) is 3.12. The quantitative estimate of drug-likeness (QED) is 0.616. The van der Waals surface area contributed by atoms with Crippen molar-refractivity contribution in [3.05, 3.63) is 0 Å². The van der Waals surface area contributed by atoms with Crippen molar-refractivity contribution < 1.29 is 19.2 Å². The van der Waals surface area contributed by atoms with Crippen LogP contribution < -0.4 is 4.90 Å². The van der Waals surface area contributed by atoms with E-state index in [9.17, 15) is 4.79 Å². The van der Waals surface area contributed by atoms with E-state index < -0.39 is 0 Å². The van der Waals surface area contributed by atoms with Gasteiger partial charge in [0, 0.05) is 26.4 Å². The number of hydrogen-bond donors (Lipinski definition) is 1. The molecule has 0 unspecified atom stereocenters. The molecule has 1 aliphatic heterocycles. The highest BCUT2D eigenvalue weighted by Gasteiger charge is 2.26. The molecule has 4 nitrogen and oxygen atoms in total. The van der Waals surface area contributed by atoms with E-state index in [1.54, 1.807) is 12.0 Å². The topological polar surface area (TPSA) is 40.0 Å². The van der Waals surface area contributed by atoms with Crippen LogP contribution in [0.25, 0.3) is 0 Å². The van der Waals surface area contributed by atoms with Crippen LogP contribution in [-0.4, -0.2) is 45.9 Å². The summed E-state index contributed by atoms with van der Waals surface area (Å²) in [5.41, 5.74) is 0. The maximum absolute atomic E-state index is 11.1. The zero-order valence-electron chi connectivity index (χ0n) is 9.75. The van der Waals surface area contributed by atoms with Gasteiger partial charge in [-0.2, -0.15) is 0 Å². The van der Waals surface area contributed by atoms with Gasteiger partial charge in [0.2, 0.25) is 0 Å². The number of carbonyl (C=O) groups is 1. The highest BCUT2D eigenvalue weighted by molar-refractivity contribution is 5.69. The molecule has 1 atom stereocenters. The Kier molecular flexibility index (Phi) is 5.65. The van der Waals surface area contributed by atoms with Crippen LogP contribution in [0.3, 0.4) is 0 Å². The lowest BCUT2D eigenvalue weighted by atomic mass is 10.1. The summed E-state index contributed by atoms with van der Waals surface area (Å²) in [5, 5.41) is 0. The molecule has 0 spiro atoms. The maximum Gasteiger partial charge on any atom is 0.305 e. The van der Waals surface area contributed by atoms with Gasteiger partial charge in [-0.05, 0) is 0 Å². The van der Waals surface area contributed by atoms with Crippen LogP contribution in [0.15, 0.2) is 0 Å². The van der Waals surface area contributed by atoms with Gasteiger partial charge in [-0.25, -0.2) is 0 Å². The number of methoxy groups -OCH3 is 2. The second-order valence-corrected chi connectivity index (χ2v) is 4.13. The Labute approximate surface area is 91.5 Å². The van der Waals surface area contributed by atoms with E-state index >= 15 is 0 Å². The Balaban J connectivity index is 2.32. The summed E-state index contributed by atoms with van der Waals surface area (Å²) >= 11 is 0. The second kappa shape index (κ2) is 6.80. The number of rotatable bonds is 6. The van der Waals surface area contributed by atoms with Crippen LogP contribution in [0.5, 0.6) is 0 Å². The molecular formula is C11H22NO3+. The molecule has 4 heteroatoms. The van der Waals surface area contributed by atoms with E-state index in [0.29, 0.717) is 12.5 Å². The molecule has 1 N–H and O–H groups in total. The van der Waals surface area contributed by atoms with Gasteiger partial charge < -0.3 is 14.4 Å². The SMILES string of the molecule is COC[C@H](CCC(=O)OC)[NH+]1CCCC1. The van der Waals surface area contributed by atoms with Crippen LogP contribution in [-0.2, 0) is 14.3 Å². The summed E-state index contributed by atoms with van der Waals surface area (Å²) in [6, 6.07) is 0.455. The molecule has 0 aromatic rings. The number of esters is 1. The van der Waals surface area contributed by atoms with Gasteiger partial charge in [-0.3, -0.25) is 4.79 Å². The van der Waals surface area contributed by atoms with E-state index in [4.69, 9.17) is 4.74 Å². The van der Waals surface area contributed by atoms with E-state index in [0.717, 1.165) is 13.0 Å². The first-order valence-corrected chi connectivity index (χ1v) is 5.68. The minimum atomic E-state index is -0.116. The smallest absolute Gasteiger partial charge is 0.305 e. The first-order chi connectivity index (χ1) is 7.27. The average Bonchev–Trinajstić information content (AvgIpc) is 2.76. The molecule has 15 heavy (non-hydrogen) atoms. The van der Waals surface area contributed by atoms with E-state index in [-0.39, 0.29) is 5.97 Å². The van der Waals surface area contributed by atoms with Gasteiger partial charge in [-0.15, -0.1) is 0 Å². The maximum atomic E-state index is 11.1. The Morgan fingerprint density at radius 2 is 2.00 bits per heavy atom. The van der Waals surface area contributed by atoms with Crippen molar-refractivity contribution in [1.82, 2.24) is 0 Å². The summed E-state index contributed by atoms with van der Waals surface area (Å²) in [6.07, 6.45) is 3.98. The third-order valence-corrected chi connectivity index (χ3v) is 3.12. The van der Waals surface area contributed by atoms with Crippen LogP contribution in [0.1, 0.15) is 25.7 Å². The van der Waals surface area contributed by atoms with Crippen molar-refractivity contribution in [2.24, 2.45) is 0 Å². The lowest BCUT2D eigenvalue weighted by Gasteiger charge is -2.23. The standard InChI is InChI=1S/C11H21NO3/c1-14-9-10(5-6-11(13)15-2)12-7-3-4-8-12/h10H,3-9H2,1-2H3/p+1/t10-/m0/s1. The highest BCUT2D eigenvalue weighted by atomic mass is 16.5. The zero-order valence-corrected chi connectivity index (χ0v) is 9.75. The molecule has 0 radical (unpaired) electrons. The number of nitrogens with one attached hydrogen (secondary N) is 1. The Hall–Kier alpha value is -0.610. The van der Waals surface area contributed by atoms with Crippen LogP contribution in [0, 0.1) is 0 Å². The number of ether oxygens (including phenoxy) is 2. The fraction of sp³-hybridized carbons (Fsp3) is 0.909. The summed E-state index contributed by atoms with van der Waals surface area (Å²) in [7, 11) is 3.16. The number of hydrogen-bond acceptors (Lipinski definition) is 3. The van der Waals surface area contributed by atoms with E-state index in [1.807, 2.05) is 0 Å².